The van der Waals surface area contributed by atoms with Gasteiger partial charge in [0.15, 0.2) is 17.5 Å². The molecule has 1 amide bonds. The van der Waals surface area contributed by atoms with E-state index in [-0.39, 0.29) is 23.6 Å². The fourth-order valence-corrected chi connectivity index (χ4v) is 5.70. The van der Waals surface area contributed by atoms with Crippen LogP contribution in [-0.4, -0.2) is 41.4 Å². The molecule has 36 heavy (non-hydrogen) atoms. The van der Waals surface area contributed by atoms with Gasteiger partial charge < -0.3 is 4.90 Å². The lowest BCUT2D eigenvalue weighted by molar-refractivity contribution is 0.0392. The number of hydrogen-bond acceptors (Lipinski definition) is 4. The minimum atomic E-state index is -1.49. The second kappa shape index (κ2) is 8.32. The Morgan fingerprint density at radius 2 is 1.75 bits per heavy atom. The number of rotatable bonds is 3. The average molecular weight is 493 g/mol. The molecule has 1 unspecified atom stereocenters. The summed E-state index contributed by atoms with van der Waals surface area (Å²) in [6.07, 6.45) is 6.19. The number of halogens is 3. The first-order chi connectivity index (χ1) is 17.3. The largest absolute Gasteiger partial charge is 0.327 e. The van der Waals surface area contributed by atoms with Crippen LogP contribution in [0.2, 0.25) is 0 Å². The predicted molar refractivity (Wildman–Crippen MR) is 125 cm³/mol. The Balaban J connectivity index is 1.41. The van der Waals surface area contributed by atoms with Gasteiger partial charge >= 0.3 is 0 Å². The second-order valence-corrected chi connectivity index (χ2v) is 9.48. The molecule has 184 valence electrons. The lowest BCUT2D eigenvalue weighted by Gasteiger charge is -2.45. The van der Waals surface area contributed by atoms with Crippen molar-refractivity contribution in [2.75, 3.05) is 0 Å². The van der Waals surface area contributed by atoms with E-state index in [0.717, 1.165) is 53.9 Å². The maximum absolute atomic E-state index is 14.0. The molecule has 4 heterocycles. The van der Waals surface area contributed by atoms with Crippen LogP contribution in [0.1, 0.15) is 52.5 Å². The van der Waals surface area contributed by atoms with E-state index in [1.807, 2.05) is 30.0 Å². The van der Waals surface area contributed by atoms with Crippen LogP contribution in [0.25, 0.3) is 16.9 Å². The number of amides is 1. The number of benzene rings is 2. The van der Waals surface area contributed by atoms with Gasteiger partial charge in [-0.2, -0.15) is 5.10 Å². The number of hydrogen-bond donors (Lipinski definition) is 0. The average Bonchev–Trinajstić information content (AvgIpc) is 3.50. The van der Waals surface area contributed by atoms with Gasteiger partial charge in [0.1, 0.15) is 12.7 Å². The van der Waals surface area contributed by atoms with Gasteiger partial charge in [0.05, 0.1) is 23.1 Å². The van der Waals surface area contributed by atoms with Crippen LogP contribution in [0, 0.1) is 24.4 Å². The second-order valence-electron chi connectivity index (χ2n) is 9.48. The van der Waals surface area contributed by atoms with Crippen molar-refractivity contribution in [2.24, 2.45) is 7.05 Å². The number of piperidine rings is 1. The van der Waals surface area contributed by atoms with Crippen molar-refractivity contribution in [1.29, 1.82) is 0 Å². The molecule has 0 N–H and O–H groups in total. The van der Waals surface area contributed by atoms with Crippen LogP contribution in [0.3, 0.4) is 0 Å². The number of carbonyl (C=O) groups is 1. The fourth-order valence-electron chi connectivity index (χ4n) is 5.70. The van der Waals surface area contributed by atoms with E-state index in [1.54, 1.807) is 29.0 Å². The molecule has 10 heteroatoms. The Morgan fingerprint density at radius 1 is 1.03 bits per heavy atom. The van der Waals surface area contributed by atoms with Crippen LogP contribution in [0.15, 0.2) is 43.0 Å². The molecular weight excluding hydrogens is 469 g/mol. The van der Waals surface area contributed by atoms with Crippen molar-refractivity contribution in [3.8, 4) is 16.9 Å². The van der Waals surface area contributed by atoms with E-state index in [0.29, 0.717) is 17.7 Å². The minimum absolute atomic E-state index is 0.0819. The zero-order chi connectivity index (χ0) is 25.1. The SMILES string of the molecule is Cc1ccc(C(=O)N2C3CCC[C@H]2c2nn(C)c(-c4cc(F)c(F)c(F)c4)c2C3)cc1-n1cnnc1. The number of aromatic nitrogens is 5. The highest BCUT2D eigenvalue weighted by Crippen LogP contribution is 2.45. The van der Waals surface area contributed by atoms with E-state index in [1.165, 1.54) is 0 Å². The van der Waals surface area contributed by atoms with Gasteiger partial charge in [0, 0.05) is 29.8 Å². The lowest BCUT2D eigenvalue weighted by Crippen LogP contribution is -2.49. The standard InChI is InChI=1S/C26H23F3N6O/c1-14-6-7-15(10-22(14)34-12-30-31-13-34)26(36)35-17-4-3-5-21(35)24-18(11-17)25(33(2)32-24)16-8-19(27)23(29)20(28)9-16/h6-10,12-13,17,21H,3-5,11H2,1-2H3/t17?,21-/m0/s1. The fraction of sp³-hybridized carbons (Fsp3) is 0.308. The smallest absolute Gasteiger partial charge is 0.254 e. The zero-order valence-corrected chi connectivity index (χ0v) is 19.8. The minimum Gasteiger partial charge on any atom is -0.327 e. The molecule has 4 aromatic rings. The first-order valence-corrected chi connectivity index (χ1v) is 11.8. The molecule has 1 saturated heterocycles. The van der Waals surface area contributed by atoms with Crippen LogP contribution >= 0.6 is 0 Å². The molecule has 0 spiro atoms. The van der Waals surface area contributed by atoms with Crippen LogP contribution in [0.5, 0.6) is 0 Å². The molecule has 6 rings (SSSR count). The van der Waals surface area contributed by atoms with Gasteiger partial charge in [0.25, 0.3) is 5.91 Å². The van der Waals surface area contributed by atoms with Gasteiger partial charge in [-0.15, -0.1) is 10.2 Å². The number of nitrogens with zero attached hydrogens (tertiary/aromatic N) is 6. The molecule has 2 bridgehead atoms. The van der Waals surface area contributed by atoms with Crippen molar-refractivity contribution in [1.82, 2.24) is 29.4 Å². The highest BCUT2D eigenvalue weighted by Gasteiger charge is 2.43. The van der Waals surface area contributed by atoms with E-state index >= 15 is 0 Å². The van der Waals surface area contributed by atoms with Crippen molar-refractivity contribution >= 4 is 5.91 Å². The Bertz CT molecular complexity index is 1470. The topological polar surface area (TPSA) is 68.8 Å². The summed E-state index contributed by atoms with van der Waals surface area (Å²) in [5.41, 5.74) is 4.75. The molecule has 2 aromatic heterocycles. The summed E-state index contributed by atoms with van der Waals surface area (Å²) in [6.45, 7) is 1.96. The van der Waals surface area contributed by atoms with E-state index in [2.05, 4.69) is 10.2 Å². The number of fused-ring (bicyclic) bond motifs is 4. The van der Waals surface area contributed by atoms with Crippen LogP contribution < -0.4 is 0 Å². The van der Waals surface area contributed by atoms with Crippen molar-refractivity contribution < 1.29 is 18.0 Å². The van der Waals surface area contributed by atoms with E-state index in [9.17, 15) is 18.0 Å². The van der Waals surface area contributed by atoms with Crippen molar-refractivity contribution in [3.05, 3.63) is 82.8 Å². The molecule has 0 radical (unpaired) electrons. The van der Waals surface area contributed by atoms with Gasteiger partial charge in [-0.1, -0.05) is 6.07 Å². The number of aryl methyl sites for hydroxylation is 2. The normalized spacial score (nSPS) is 18.9. The maximum Gasteiger partial charge on any atom is 0.254 e. The molecule has 7 nitrogen and oxygen atoms in total. The summed E-state index contributed by atoms with van der Waals surface area (Å²) in [6, 6.07) is 7.25. The third-order valence-electron chi connectivity index (χ3n) is 7.32. The first-order valence-electron chi connectivity index (χ1n) is 11.8. The quantitative estimate of drug-likeness (QED) is 0.390. The summed E-state index contributed by atoms with van der Waals surface area (Å²) in [4.78, 5) is 15.8. The third-order valence-corrected chi connectivity index (χ3v) is 7.32. The Kier molecular flexibility index (Phi) is 5.20. The van der Waals surface area contributed by atoms with Crippen LogP contribution in [-0.2, 0) is 13.5 Å². The van der Waals surface area contributed by atoms with Gasteiger partial charge in [-0.05, 0) is 62.4 Å². The lowest BCUT2D eigenvalue weighted by atomic mass is 9.81. The maximum atomic E-state index is 14.0. The zero-order valence-electron chi connectivity index (χ0n) is 19.8. The summed E-state index contributed by atoms with van der Waals surface area (Å²) in [5, 5.41) is 12.4. The Labute approximate surface area is 205 Å². The molecule has 2 aliphatic rings. The van der Waals surface area contributed by atoms with Crippen molar-refractivity contribution in [2.45, 2.75) is 44.7 Å². The molecule has 2 aliphatic heterocycles. The predicted octanol–water partition coefficient (Wildman–Crippen LogP) is 4.69. The highest BCUT2D eigenvalue weighted by atomic mass is 19.2. The molecule has 2 atom stereocenters. The third kappa shape index (κ3) is 3.42. The molecule has 0 saturated carbocycles. The number of carbonyl (C=O) groups excluding carboxylic acids is 1. The van der Waals surface area contributed by atoms with Crippen molar-refractivity contribution in [3.63, 3.8) is 0 Å². The molecule has 2 aromatic carbocycles. The highest BCUT2D eigenvalue weighted by molar-refractivity contribution is 5.96. The van der Waals surface area contributed by atoms with Crippen LogP contribution in [0.4, 0.5) is 13.2 Å². The summed E-state index contributed by atoms with van der Waals surface area (Å²) >= 11 is 0. The Morgan fingerprint density at radius 3 is 2.47 bits per heavy atom. The molecular formula is C26H23F3N6O. The summed E-state index contributed by atoms with van der Waals surface area (Å²) in [5.74, 6) is -4.06. The summed E-state index contributed by atoms with van der Waals surface area (Å²) in [7, 11) is 1.70. The molecule has 1 fully saturated rings. The monoisotopic (exact) mass is 492 g/mol. The van der Waals surface area contributed by atoms with E-state index in [4.69, 9.17) is 5.10 Å². The van der Waals surface area contributed by atoms with Gasteiger partial charge in [-0.3, -0.25) is 14.0 Å². The van der Waals surface area contributed by atoms with Gasteiger partial charge in [0.2, 0.25) is 0 Å². The summed E-state index contributed by atoms with van der Waals surface area (Å²) < 4.78 is 45.0. The first kappa shape index (κ1) is 22.5. The molecule has 0 aliphatic carbocycles. The van der Waals surface area contributed by atoms with E-state index < -0.39 is 17.5 Å². The Hall–Kier alpha value is -3.95. The van der Waals surface area contributed by atoms with Gasteiger partial charge in [-0.25, -0.2) is 13.2 Å².